The predicted octanol–water partition coefficient (Wildman–Crippen LogP) is 3.92. The van der Waals surface area contributed by atoms with E-state index < -0.39 is 0 Å². The summed E-state index contributed by atoms with van der Waals surface area (Å²) in [5, 5.41) is 7.76. The Bertz CT molecular complexity index is 718. The minimum atomic E-state index is 0.743. The van der Waals surface area contributed by atoms with Crippen LogP contribution in [0, 0.1) is 13.8 Å². The lowest BCUT2D eigenvalue weighted by atomic mass is 10.2. The lowest BCUT2D eigenvalue weighted by molar-refractivity contribution is 1.08. The molecule has 0 unspecified atom stereocenters. The van der Waals surface area contributed by atoms with E-state index in [9.17, 15) is 0 Å². The number of nitrogens with one attached hydrogen (secondary N) is 1. The highest BCUT2D eigenvalue weighted by atomic mass is 32.1. The molecule has 3 aromatic rings. The number of aromatic nitrogens is 2. The number of rotatable bonds is 3. The summed E-state index contributed by atoms with van der Waals surface area (Å²) >= 11 is 1.68. The first-order valence-electron chi connectivity index (χ1n) is 6.23. The molecule has 0 spiro atoms. The Hall–Kier alpha value is -1.94. The molecular formula is C15H15N3S. The van der Waals surface area contributed by atoms with Crippen LogP contribution in [0.2, 0.25) is 0 Å². The van der Waals surface area contributed by atoms with Gasteiger partial charge in [0, 0.05) is 22.2 Å². The van der Waals surface area contributed by atoms with Crippen LogP contribution >= 0.6 is 11.3 Å². The van der Waals surface area contributed by atoms with Crippen molar-refractivity contribution in [2.24, 2.45) is 0 Å². The van der Waals surface area contributed by atoms with Gasteiger partial charge in [-0.25, -0.2) is 4.98 Å². The van der Waals surface area contributed by atoms with E-state index in [-0.39, 0.29) is 0 Å². The van der Waals surface area contributed by atoms with Crippen molar-refractivity contribution in [2.75, 3.05) is 5.32 Å². The summed E-state index contributed by atoms with van der Waals surface area (Å²) in [6.45, 7) is 4.77. The van der Waals surface area contributed by atoms with E-state index in [2.05, 4.69) is 44.9 Å². The van der Waals surface area contributed by atoms with Crippen molar-refractivity contribution in [3.63, 3.8) is 0 Å². The summed E-state index contributed by atoms with van der Waals surface area (Å²) in [5.74, 6) is 0. The van der Waals surface area contributed by atoms with Crippen LogP contribution in [0.4, 0.5) is 5.69 Å². The molecule has 2 heterocycles. The zero-order valence-corrected chi connectivity index (χ0v) is 11.8. The van der Waals surface area contributed by atoms with Gasteiger partial charge in [0.15, 0.2) is 0 Å². The molecular weight excluding hydrogens is 254 g/mol. The maximum absolute atomic E-state index is 4.61. The number of hydrogen-bond acceptors (Lipinski definition) is 4. The van der Waals surface area contributed by atoms with E-state index in [0.29, 0.717) is 0 Å². The number of pyridine rings is 1. The average molecular weight is 269 g/mol. The maximum Gasteiger partial charge on any atom is 0.112 e. The van der Waals surface area contributed by atoms with Crippen LogP contribution in [-0.4, -0.2) is 9.97 Å². The van der Waals surface area contributed by atoms with E-state index >= 15 is 0 Å². The standard InChI is InChI=1S/C15H15N3S/c1-10-6-7-12-4-3-5-13(15(12)18-10)16-8-14-17-11(2)9-19-14/h3-7,9,16H,8H2,1-2H3. The zero-order valence-electron chi connectivity index (χ0n) is 11.0. The van der Waals surface area contributed by atoms with Gasteiger partial charge in [-0.2, -0.15) is 0 Å². The summed E-state index contributed by atoms with van der Waals surface area (Å²) in [6, 6.07) is 10.3. The summed E-state index contributed by atoms with van der Waals surface area (Å²) in [7, 11) is 0. The Balaban J connectivity index is 1.90. The molecule has 2 aromatic heterocycles. The molecule has 1 N–H and O–H groups in total. The average Bonchev–Trinajstić information content (AvgIpc) is 2.82. The van der Waals surface area contributed by atoms with Gasteiger partial charge >= 0.3 is 0 Å². The van der Waals surface area contributed by atoms with Crippen molar-refractivity contribution in [1.82, 2.24) is 9.97 Å². The van der Waals surface area contributed by atoms with E-state index in [1.54, 1.807) is 11.3 Å². The molecule has 0 fully saturated rings. The van der Waals surface area contributed by atoms with E-state index in [1.807, 2.05) is 19.9 Å². The highest BCUT2D eigenvalue weighted by molar-refractivity contribution is 7.09. The lowest BCUT2D eigenvalue weighted by Gasteiger charge is -2.08. The van der Waals surface area contributed by atoms with Crippen molar-refractivity contribution in [1.29, 1.82) is 0 Å². The third-order valence-electron chi connectivity index (χ3n) is 2.96. The first-order valence-corrected chi connectivity index (χ1v) is 7.11. The van der Waals surface area contributed by atoms with Crippen LogP contribution in [0.5, 0.6) is 0 Å². The van der Waals surface area contributed by atoms with Crippen LogP contribution in [0.3, 0.4) is 0 Å². The molecule has 1 aromatic carbocycles. The van der Waals surface area contributed by atoms with Gasteiger partial charge in [-0.05, 0) is 26.0 Å². The highest BCUT2D eigenvalue weighted by Gasteiger charge is 2.04. The molecule has 0 bridgehead atoms. The second-order valence-electron chi connectivity index (χ2n) is 4.57. The number of nitrogens with zero attached hydrogens (tertiary/aromatic N) is 2. The van der Waals surface area contributed by atoms with Crippen LogP contribution in [-0.2, 0) is 6.54 Å². The minimum absolute atomic E-state index is 0.743. The minimum Gasteiger partial charge on any atom is -0.377 e. The first kappa shape index (κ1) is 12.1. The number of hydrogen-bond donors (Lipinski definition) is 1. The zero-order chi connectivity index (χ0) is 13.2. The summed E-state index contributed by atoms with van der Waals surface area (Å²) in [5.41, 5.74) is 4.20. The van der Waals surface area contributed by atoms with Crippen molar-refractivity contribution in [3.05, 3.63) is 52.1 Å². The fourth-order valence-corrected chi connectivity index (χ4v) is 2.75. The van der Waals surface area contributed by atoms with Gasteiger partial charge in [0.1, 0.15) is 5.01 Å². The van der Waals surface area contributed by atoms with Crippen LogP contribution in [0.25, 0.3) is 10.9 Å². The number of aryl methyl sites for hydroxylation is 2. The van der Waals surface area contributed by atoms with Crippen molar-refractivity contribution in [2.45, 2.75) is 20.4 Å². The largest absolute Gasteiger partial charge is 0.377 e. The third kappa shape index (κ3) is 2.58. The second-order valence-corrected chi connectivity index (χ2v) is 5.51. The van der Waals surface area contributed by atoms with Crippen molar-refractivity contribution >= 4 is 27.9 Å². The second kappa shape index (κ2) is 4.97. The molecule has 0 aliphatic carbocycles. The Labute approximate surface area is 116 Å². The Morgan fingerprint density at radius 2 is 1.95 bits per heavy atom. The molecule has 0 aliphatic rings. The summed E-state index contributed by atoms with van der Waals surface area (Å²) in [6.07, 6.45) is 0. The Morgan fingerprint density at radius 3 is 2.74 bits per heavy atom. The molecule has 96 valence electrons. The molecule has 19 heavy (non-hydrogen) atoms. The number of fused-ring (bicyclic) bond motifs is 1. The summed E-state index contributed by atoms with van der Waals surface area (Å²) < 4.78 is 0. The number of para-hydroxylation sites is 1. The fourth-order valence-electron chi connectivity index (χ4n) is 2.04. The smallest absolute Gasteiger partial charge is 0.112 e. The fraction of sp³-hybridized carbons (Fsp3) is 0.200. The monoisotopic (exact) mass is 269 g/mol. The van der Waals surface area contributed by atoms with Crippen LogP contribution in [0.15, 0.2) is 35.7 Å². The third-order valence-corrected chi connectivity index (χ3v) is 3.92. The van der Waals surface area contributed by atoms with Gasteiger partial charge in [0.05, 0.1) is 17.7 Å². The SMILES string of the molecule is Cc1csc(CNc2cccc3ccc(C)nc23)n1. The van der Waals surface area contributed by atoms with Crippen molar-refractivity contribution in [3.8, 4) is 0 Å². The molecule has 0 radical (unpaired) electrons. The van der Waals surface area contributed by atoms with Gasteiger partial charge in [-0.3, -0.25) is 4.98 Å². The first-order chi connectivity index (χ1) is 9.22. The van der Waals surface area contributed by atoms with Crippen LogP contribution < -0.4 is 5.32 Å². The Morgan fingerprint density at radius 1 is 1.05 bits per heavy atom. The topological polar surface area (TPSA) is 37.8 Å². The Kier molecular flexibility index (Phi) is 3.17. The molecule has 0 saturated carbocycles. The van der Waals surface area contributed by atoms with Gasteiger partial charge in [0.25, 0.3) is 0 Å². The molecule has 0 amide bonds. The van der Waals surface area contributed by atoms with E-state index in [1.165, 1.54) is 0 Å². The molecule has 0 aliphatic heterocycles. The van der Waals surface area contributed by atoms with Crippen LogP contribution in [0.1, 0.15) is 16.4 Å². The normalized spacial score (nSPS) is 10.8. The summed E-state index contributed by atoms with van der Waals surface area (Å²) in [4.78, 5) is 9.07. The van der Waals surface area contributed by atoms with Gasteiger partial charge in [-0.1, -0.05) is 18.2 Å². The molecule has 3 rings (SSSR count). The maximum atomic E-state index is 4.61. The molecule has 0 saturated heterocycles. The van der Waals surface area contributed by atoms with Gasteiger partial charge in [-0.15, -0.1) is 11.3 Å². The van der Waals surface area contributed by atoms with Gasteiger partial charge < -0.3 is 5.32 Å². The van der Waals surface area contributed by atoms with E-state index in [4.69, 9.17) is 0 Å². The highest BCUT2D eigenvalue weighted by Crippen LogP contribution is 2.22. The number of anilines is 1. The van der Waals surface area contributed by atoms with Crippen molar-refractivity contribution < 1.29 is 0 Å². The number of benzene rings is 1. The van der Waals surface area contributed by atoms with Gasteiger partial charge in [0.2, 0.25) is 0 Å². The molecule has 0 atom stereocenters. The quantitative estimate of drug-likeness (QED) is 0.783. The molecule has 3 nitrogen and oxygen atoms in total. The molecule has 4 heteroatoms. The number of thiazole rings is 1. The lowest BCUT2D eigenvalue weighted by Crippen LogP contribution is -2.00. The van der Waals surface area contributed by atoms with E-state index in [0.717, 1.165) is 39.5 Å². The predicted molar refractivity (Wildman–Crippen MR) is 80.7 cm³/mol.